The van der Waals surface area contributed by atoms with Crippen LogP contribution < -0.4 is 0 Å². The fourth-order valence-electron chi connectivity index (χ4n) is 1.68. The van der Waals surface area contributed by atoms with Crippen molar-refractivity contribution in [2.45, 2.75) is 104 Å². The molecule has 0 rings (SSSR count). The molecule has 0 heterocycles. The number of hydrogen-bond donors (Lipinski definition) is 0. The number of rotatable bonds is 3. The molecule has 0 N–H and O–H groups in total. The minimum Gasteiger partial charge on any atom is -0.469 e. The quantitative estimate of drug-likeness (QED) is 0.165. The fourth-order valence-corrected chi connectivity index (χ4v) is 1.68. The molecule has 212 valence electrons. The molecule has 0 saturated heterocycles. The first-order valence-electron chi connectivity index (χ1n) is 11.6. The predicted molar refractivity (Wildman–Crippen MR) is 164 cm³/mol. The van der Waals surface area contributed by atoms with Gasteiger partial charge in [-0.15, -0.1) is 0 Å². The number of carbonyl (C=O) groups is 3. The molecular weight excluding hydrogens is 674 g/mol. The third-order valence-electron chi connectivity index (χ3n) is 7.71. The molecule has 0 atom stereocenters. The molecule has 6 nitrogen and oxygen atoms in total. The van der Waals surface area contributed by atoms with Gasteiger partial charge in [-0.05, 0) is 57.8 Å². The maximum absolute atomic E-state index is 11.3. The van der Waals surface area contributed by atoms with Crippen LogP contribution in [0.3, 0.4) is 0 Å². The van der Waals surface area contributed by atoms with Crippen LogP contribution in [-0.4, -0.2) is 39.2 Å². The van der Waals surface area contributed by atoms with Crippen molar-refractivity contribution in [2.24, 2.45) is 32.5 Å². The monoisotopic (exact) mass is 728 g/mol. The lowest BCUT2D eigenvalue weighted by molar-refractivity contribution is -0.157. The van der Waals surface area contributed by atoms with E-state index in [1.165, 1.54) is 21.3 Å². The van der Waals surface area contributed by atoms with Crippen molar-refractivity contribution in [3.05, 3.63) is 0 Å². The van der Waals surface area contributed by atoms with E-state index in [9.17, 15) is 14.4 Å². The lowest BCUT2D eigenvalue weighted by atomic mass is 9.69. The van der Waals surface area contributed by atoms with Gasteiger partial charge in [0.1, 0.15) is 0 Å². The van der Waals surface area contributed by atoms with E-state index in [-0.39, 0.29) is 34.2 Å². The standard InChI is InChI=1S/3C9H18O2.I2/c3*1-8(2,3)9(4,5)7(10)11-6;1-2/h3*1-6H3;. The first-order valence-corrected chi connectivity index (χ1v) is 17.9. The summed E-state index contributed by atoms with van der Waals surface area (Å²) >= 11 is 4.24. The van der Waals surface area contributed by atoms with Gasteiger partial charge in [0.2, 0.25) is 0 Å². The number of hydrogen-bond acceptors (Lipinski definition) is 6. The highest BCUT2D eigenvalue weighted by molar-refractivity contribution is 15.0. The van der Waals surface area contributed by atoms with Crippen LogP contribution in [0.2, 0.25) is 0 Å². The third kappa shape index (κ3) is 13.3. The van der Waals surface area contributed by atoms with Gasteiger partial charge >= 0.3 is 17.9 Å². The van der Waals surface area contributed by atoms with E-state index in [2.05, 4.69) is 37.2 Å². The molecule has 0 bridgehead atoms. The maximum atomic E-state index is 11.3. The maximum Gasteiger partial charge on any atom is 0.311 e. The van der Waals surface area contributed by atoms with Crippen molar-refractivity contribution in [2.75, 3.05) is 21.3 Å². The Morgan fingerprint density at radius 2 is 0.514 bits per heavy atom. The Balaban J connectivity index is -0.000000198. The SMILES string of the molecule is COC(=O)C(C)(C)C(C)(C)C.COC(=O)C(C)(C)C(C)(C)C.COC(=O)C(C)(C)C(C)(C)C.II. The molecule has 0 aliphatic carbocycles. The minimum absolute atomic E-state index is 0.0555. The van der Waals surface area contributed by atoms with Gasteiger partial charge in [0, 0.05) is 37.2 Å². The lowest BCUT2D eigenvalue weighted by Gasteiger charge is -2.35. The smallest absolute Gasteiger partial charge is 0.311 e. The van der Waals surface area contributed by atoms with E-state index in [1.807, 2.05) is 104 Å². The van der Waals surface area contributed by atoms with Gasteiger partial charge in [-0.3, -0.25) is 14.4 Å². The number of methoxy groups -OCH3 is 3. The summed E-state index contributed by atoms with van der Waals surface area (Å²) < 4.78 is 14.1. The molecule has 0 saturated carbocycles. The largest absolute Gasteiger partial charge is 0.469 e. The summed E-state index contributed by atoms with van der Waals surface area (Å²) in [6.45, 7) is 29.7. The topological polar surface area (TPSA) is 78.9 Å². The zero-order chi connectivity index (χ0) is 29.9. The highest BCUT2D eigenvalue weighted by Gasteiger charge is 2.42. The van der Waals surface area contributed by atoms with Gasteiger partial charge in [-0.25, -0.2) is 0 Å². The molecule has 35 heavy (non-hydrogen) atoms. The summed E-state index contributed by atoms with van der Waals surface area (Å²) in [4.78, 5) is 33.8. The van der Waals surface area contributed by atoms with Crippen molar-refractivity contribution < 1.29 is 28.6 Å². The summed E-state index contributed by atoms with van der Waals surface area (Å²) in [6.07, 6.45) is 0. The zero-order valence-electron chi connectivity index (χ0n) is 25.7. The van der Waals surface area contributed by atoms with Crippen molar-refractivity contribution in [3.63, 3.8) is 0 Å². The Labute approximate surface area is 240 Å². The van der Waals surface area contributed by atoms with E-state index < -0.39 is 16.2 Å². The average Bonchev–Trinajstić information content (AvgIpc) is 2.71. The van der Waals surface area contributed by atoms with E-state index in [0.29, 0.717) is 0 Å². The summed E-state index contributed by atoms with van der Waals surface area (Å²) in [6, 6.07) is 0. The van der Waals surface area contributed by atoms with Crippen LogP contribution in [0.5, 0.6) is 0 Å². The summed E-state index contributed by atoms with van der Waals surface area (Å²) in [5.41, 5.74) is -1.41. The molecule has 0 unspecified atom stereocenters. The van der Waals surface area contributed by atoms with Gasteiger partial charge < -0.3 is 14.2 Å². The first kappa shape index (κ1) is 42.0. The molecule has 0 radical (unpaired) electrons. The second kappa shape index (κ2) is 16.0. The molecule has 0 aromatic heterocycles. The van der Waals surface area contributed by atoms with E-state index in [4.69, 9.17) is 14.2 Å². The molecule has 0 amide bonds. The lowest BCUT2D eigenvalue weighted by Crippen LogP contribution is -2.38. The van der Waals surface area contributed by atoms with Crippen molar-refractivity contribution >= 4 is 55.1 Å². The Kier molecular flexibility index (Phi) is 19.2. The average molecular weight is 729 g/mol. The summed E-state index contributed by atoms with van der Waals surface area (Å²) in [7, 11) is 4.28. The molecule has 0 aromatic carbocycles. The number of ether oxygens (including phenoxy) is 3. The molecule has 0 fully saturated rings. The highest BCUT2D eigenvalue weighted by Crippen LogP contribution is 2.40. The van der Waals surface area contributed by atoms with Gasteiger partial charge in [0.05, 0.1) is 37.6 Å². The highest BCUT2D eigenvalue weighted by atomic mass is 128. The first-order chi connectivity index (χ1) is 15.2. The van der Waals surface area contributed by atoms with Gasteiger partial charge in [0.25, 0.3) is 0 Å². The Morgan fingerprint density at radius 3 is 0.543 bits per heavy atom. The van der Waals surface area contributed by atoms with Gasteiger partial charge in [0.15, 0.2) is 0 Å². The third-order valence-corrected chi connectivity index (χ3v) is 7.71. The van der Waals surface area contributed by atoms with Crippen LogP contribution in [0.25, 0.3) is 0 Å². The van der Waals surface area contributed by atoms with Crippen LogP contribution in [0, 0.1) is 32.5 Å². The normalized spacial score (nSPS) is 12.3. The summed E-state index contributed by atoms with van der Waals surface area (Å²) in [5, 5.41) is 0. The molecule has 0 aromatic rings. The second-order valence-corrected chi connectivity index (χ2v) is 13.1. The number of esters is 3. The zero-order valence-corrected chi connectivity index (χ0v) is 30.0. The van der Waals surface area contributed by atoms with Crippen molar-refractivity contribution in [3.8, 4) is 0 Å². The van der Waals surface area contributed by atoms with Gasteiger partial charge in [-0.2, -0.15) is 0 Å². The van der Waals surface area contributed by atoms with E-state index >= 15 is 0 Å². The minimum atomic E-state index is -0.415. The second-order valence-electron chi connectivity index (χ2n) is 13.1. The van der Waals surface area contributed by atoms with Crippen LogP contribution in [0.4, 0.5) is 0 Å². The van der Waals surface area contributed by atoms with Crippen LogP contribution >= 0.6 is 37.2 Å². The fraction of sp³-hybridized carbons (Fsp3) is 0.889. The molecule has 0 aliphatic heterocycles. The Hall–Kier alpha value is -0.130. The van der Waals surface area contributed by atoms with E-state index in [1.54, 1.807) is 0 Å². The van der Waals surface area contributed by atoms with Crippen LogP contribution in [0.15, 0.2) is 0 Å². The molecule has 0 spiro atoms. The number of carbonyl (C=O) groups excluding carboxylic acids is 3. The Bertz CT molecular complexity index is 556. The van der Waals surface area contributed by atoms with Crippen molar-refractivity contribution in [1.82, 2.24) is 0 Å². The number of halogens is 2. The molecule has 8 heteroatoms. The molecular formula is C27H54I2O6. The molecule has 0 aliphatic rings. The van der Waals surface area contributed by atoms with E-state index in [0.717, 1.165) is 0 Å². The van der Waals surface area contributed by atoms with Crippen LogP contribution in [-0.2, 0) is 28.6 Å². The van der Waals surface area contributed by atoms with Crippen molar-refractivity contribution in [1.29, 1.82) is 0 Å². The summed E-state index contributed by atoms with van der Waals surface area (Å²) in [5.74, 6) is -0.444. The predicted octanol–water partition coefficient (Wildman–Crippen LogP) is 8.47. The van der Waals surface area contributed by atoms with Gasteiger partial charge in [-0.1, -0.05) is 62.3 Å². The van der Waals surface area contributed by atoms with Crippen LogP contribution in [0.1, 0.15) is 104 Å². The Morgan fingerprint density at radius 1 is 0.400 bits per heavy atom.